The molecule has 0 saturated heterocycles. The summed E-state index contributed by atoms with van der Waals surface area (Å²) in [4.78, 5) is 25.1. The first kappa shape index (κ1) is 19.6. The van der Waals surface area contributed by atoms with Crippen molar-refractivity contribution in [3.63, 3.8) is 0 Å². The number of thioether (sulfide) groups is 1. The Morgan fingerprint density at radius 2 is 2.04 bits per heavy atom. The second-order valence-corrected chi connectivity index (χ2v) is 9.34. The summed E-state index contributed by atoms with van der Waals surface area (Å²) in [6.45, 7) is 6.19. The highest BCUT2D eigenvalue weighted by molar-refractivity contribution is 7.98. The highest BCUT2D eigenvalue weighted by Gasteiger charge is 2.23. The molecule has 3 aromatic heterocycles. The number of hydrogen-bond donors (Lipinski definition) is 0. The molecule has 0 N–H and O–H groups in total. The van der Waals surface area contributed by atoms with E-state index in [0.29, 0.717) is 17.5 Å². The first-order chi connectivity index (χ1) is 13.6. The SMILES string of the molecule is CCc1noc(CSc2nc3sc4c(c3c(=O)n2C(C)CC)CCCCC4)n1. The maximum absolute atomic E-state index is 13.5. The fourth-order valence-corrected chi connectivity index (χ4v) is 5.90. The van der Waals surface area contributed by atoms with E-state index >= 15 is 0 Å². The van der Waals surface area contributed by atoms with Crippen LogP contribution in [0.1, 0.15) is 74.7 Å². The summed E-state index contributed by atoms with van der Waals surface area (Å²) in [5.41, 5.74) is 1.37. The van der Waals surface area contributed by atoms with Gasteiger partial charge in [0.1, 0.15) is 4.83 Å². The summed E-state index contributed by atoms with van der Waals surface area (Å²) in [6, 6.07) is 0.0992. The molecular formula is C20H26N4O2S2. The molecule has 0 fully saturated rings. The normalized spacial score (nSPS) is 15.5. The van der Waals surface area contributed by atoms with Crippen LogP contribution in [-0.2, 0) is 25.0 Å². The molecule has 1 aliphatic rings. The first-order valence-corrected chi connectivity index (χ1v) is 11.9. The van der Waals surface area contributed by atoms with Crippen molar-refractivity contribution in [1.29, 1.82) is 0 Å². The quantitative estimate of drug-likeness (QED) is 0.321. The van der Waals surface area contributed by atoms with E-state index in [0.717, 1.165) is 47.5 Å². The molecule has 4 rings (SSSR count). The van der Waals surface area contributed by atoms with Crippen LogP contribution in [0.3, 0.4) is 0 Å². The van der Waals surface area contributed by atoms with Gasteiger partial charge < -0.3 is 4.52 Å². The van der Waals surface area contributed by atoms with E-state index in [1.807, 2.05) is 11.5 Å². The summed E-state index contributed by atoms with van der Waals surface area (Å²) in [7, 11) is 0. The Kier molecular flexibility index (Phi) is 5.87. The van der Waals surface area contributed by atoms with Crippen molar-refractivity contribution in [2.75, 3.05) is 0 Å². The molecule has 6 nitrogen and oxygen atoms in total. The van der Waals surface area contributed by atoms with Crippen LogP contribution in [0.2, 0.25) is 0 Å². The molecular weight excluding hydrogens is 392 g/mol. The second-order valence-electron chi connectivity index (χ2n) is 7.32. The van der Waals surface area contributed by atoms with E-state index < -0.39 is 0 Å². The highest BCUT2D eigenvalue weighted by atomic mass is 32.2. The van der Waals surface area contributed by atoms with Crippen LogP contribution < -0.4 is 5.56 Å². The Labute approximate surface area is 172 Å². The van der Waals surface area contributed by atoms with E-state index in [9.17, 15) is 4.79 Å². The van der Waals surface area contributed by atoms with Gasteiger partial charge in [-0.3, -0.25) is 9.36 Å². The molecule has 1 unspecified atom stereocenters. The van der Waals surface area contributed by atoms with Gasteiger partial charge in [0.25, 0.3) is 5.56 Å². The van der Waals surface area contributed by atoms with Crippen molar-refractivity contribution in [1.82, 2.24) is 19.7 Å². The van der Waals surface area contributed by atoms with E-state index in [1.165, 1.54) is 35.0 Å². The van der Waals surface area contributed by atoms with Gasteiger partial charge in [-0.2, -0.15) is 4.98 Å². The van der Waals surface area contributed by atoms with Crippen LogP contribution in [0.25, 0.3) is 10.2 Å². The van der Waals surface area contributed by atoms with Gasteiger partial charge in [-0.05, 0) is 44.6 Å². The summed E-state index contributed by atoms with van der Waals surface area (Å²) < 4.78 is 7.18. The Balaban J connectivity index is 1.77. The van der Waals surface area contributed by atoms with Crippen LogP contribution in [0.5, 0.6) is 0 Å². The number of fused-ring (bicyclic) bond motifs is 3. The molecule has 1 atom stereocenters. The van der Waals surface area contributed by atoms with Crippen LogP contribution in [0.15, 0.2) is 14.5 Å². The predicted octanol–water partition coefficient (Wildman–Crippen LogP) is 4.94. The minimum absolute atomic E-state index is 0.0992. The van der Waals surface area contributed by atoms with Crippen LogP contribution in [0, 0.1) is 0 Å². The van der Waals surface area contributed by atoms with Crippen molar-refractivity contribution < 1.29 is 4.52 Å². The average Bonchev–Trinajstić information content (AvgIpc) is 3.23. The summed E-state index contributed by atoms with van der Waals surface area (Å²) in [6.07, 6.45) is 7.31. The maximum atomic E-state index is 13.5. The van der Waals surface area contributed by atoms with Crippen molar-refractivity contribution in [2.45, 2.75) is 82.7 Å². The molecule has 0 saturated carbocycles. The van der Waals surface area contributed by atoms with Gasteiger partial charge in [-0.15, -0.1) is 11.3 Å². The van der Waals surface area contributed by atoms with Crippen molar-refractivity contribution in [2.24, 2.45) is 0 Å². The topological polar surface area (TPSA) is 73.8 Å². The molecule has 150 valence electrons. The van der Waals surface area contributed by atoms with Gasteiger partial charge in [-0.25, -0.2) is 4.98 Å². The van der Waals surface area contributed by atoms with E-state index in [4.69, 9.17) is 9.51 Å². The molecule has 0 radical (unpaired) electrons. The zero-order valence-electron chi connectivity index (χ0n) is 16.7. The lowest BCUT2D eigenvalue weighted by Gasteiger charge is -2.17. The monoisotopic (exact) mass is 418 g/mol. The smallest absolute Gasteiger partial charge is 0.263 e. The zero-order chi connectivity index (χ0) is 19.7. The molecule has 0 amide bonds. The van der Waals surface area contributed by atoms with Gasteiger partial charge in [0.2, 0.25) is 5.89 Å². The van der Waals surface area contributed by atoms with Gasteiger partial charge >= 0.3 is 0 Å². The molecule has 3 aromatic rings. The predicted molar refractivity (Wildman–Crippen MR) is 113 cm³/mol. The molecule has 0 bridgehead atoms. The summed E-state index contributed by atoms with van der Waals surface area (Å²) in [5, 5.41) is 5.56. The Morgan fingerprint density at radius 1 is 1.21 bits per heavy atom. The van der Waals surface area contributed by atoms with E-state index in [2.05, 4.69) is 24.0 Å². The van der Waals surface area contributed by atoms with Crippen molar-refractivity contribution in [3.05, 3.63) is 32.5 Å². The number of aromatic nitrogens is 4. The van der Waals surface area contributed by atoms with Gasteiger partial charge in [0.15, 0.2) is 11.0 Å². The van der Waals surface area contributed by atoms with E-state index in [1.54, 1.807) is 11.3 Å². The fraction of sp³-hybridized carbons (Fsp3) is 0.600. The van der Waals surface area contributed by atoms with Crippen LogP contribution in [-0.4, -0.2) is 19.7 Å². The number of rotatable bonds is 6. The Morgan fingerprint density at radius 3 is 2.79 bits per heavy atom. The lowest BCUT2D eigenvalue weighted by molar-refractivity contribution is 0.385. The zero-order valence-corrected chi connectivity index (χ0v) is 18.3. The average molecular weight is 419 g/mol. The highest BCUT2D eigenvalue weighted by Crippen LogP contribution is 2.35. The largest absolute Gasteiger partial charge is 0.338 e. The van der Waals surface area contributed by atoms with Crippen molar-refractivity contribution >= 4 is 33.3 Å². The molecule has 1 aliphatic carbocycles. The number of aryl methyl sites for hydroxylation is 3. The molecule has 0 aliphatic heterocycles. The molecule has 3 heterocycles. The summed E-state index contributed by atoms with van der Waals surface area (Å²) in [5.74, 6) is 1.81. The van der Waals surface area contributed by atoms with Crippen molar-refractivity contribution in [3.8, 4) is 0 Å². The minimum Gasteiger partial charge on any atom is -0.338 e. The summed E-state index contributed by atoms with van der Waals surface area (Å²) >= 11 is 3.22. The molecule has 28 heavy (non-hydrogen) atoms. The Bertz CT molecular complexity index is 1040. The Hall–Kier alpha value is -1.67. The van der Waals surface area contributed by atoms with Gasteiger partial charge in [0, 0.05) is 17.3 Å². The third-order valence-electron chi connectivity index (χ3n) is 5.42. The standard InChI is InChI=1S/C20H26N4O2S2/c1-4-12(3)24-19(25)17-13-9-7-6-8-10-14(13)28-18(17)22-20(24)27-11-16-21-15(5-2)23-26-16/h12H,4-11H2,1-3H3. The molecule has 0 aromatic carbocycles. The maximum Gasteiger partial charge on any atom is 0.263 e. The number of hydrogen-bond acceptors (Lipinski definition) is 7. The fourth-order valence-electron chi connectivity index (χ4n) is 3.67. The number of thiophene rings is 1. The van der Waals surface area contributed by atoms with E-state index in [-0.39, 0.29) is 11.6 Å². The van der Waals surface area contributed by atoms with Crippen LogP contribution in [0.4, 0.5) is 0 Å². The second kappa shape index (κ2) is 8.37. The molecule has 8 heteroatoms. The van der Waals surface area contributed by atoms with Gasteiger partial charge in [-0.1, -0.05) is 37.2 Å². The number of nitrogens with zero attached hydrogens (tertiary/aromatic N) is 4. The van der Waals surface area contributed by atoms with Gasteiger partial charge in [0.05, 0.1) is 11.1 Å². The lowest BCUT2D eigenvalue weighted by atomic mass is 10.1. The van der Waals surface area contributed by atoms with Crippen LogP contribution >= 0.6 is 23.1 Å². The minimum atomic E-state index is 0.0992. The third kappa shape index (κ3) is 3.64. The first-order valence-electron chi connectivity index (χ1n) is 10.1. The molecule has 0 spiro atoms. The lowest BCUT2D eigenvalue weighted by Crippen LogP contribution is -2.26. The third-order valence-corrected chi connectivity index (χ3v) is 7.54.